The summed E-state index contributed by atoms with van der Waals surface area (Å²) in [5, 5.41) is 3.17. The molecule has 1 aliphatic heterocycles. The molecule has 0 bridgehead atoms. The van der Waals surface area contributed by atoms with Gasteiger partial charge in [-0.3, -0.25) is 4.79 Å². The molecule has 1 N–H and O–H groups in total. The summed E-state index contributed by atoms with van der Waals surface area (Å²) in [5.74, 6) is -0.0904. The predicted octanol–water partition coefficient (Wildman–Crippen LogP) is 4.29. The van der Waals surface area contributed by atoms with Crippen LogP contribution in [-0.2, 0) is 33.4 Å². The second-order valence-electron chi connectivity index (χ2n) is 9.38. The minimum Gasteiger partial charge on any atom is -0.349 e. The fourth-order valence-electron chi connectivity index (χ4n) is 4.94. The average Bonchev–Trinajstić information content (AvgIpc) is 2.78. The van der Waals surface area contributed by atoms with Gasteiger partial charge >= 0.3 is 0 Å². The first kappa shape index (κ1) is 23.0. The third kappa shape index (κ3) is 5.41. The Labute approximate surface area is 192 Å². The monoisotopic (exact) mass is 454 g/mol. The van der Waals surface area contributed by atoms with Gasteiger partial charge in [0, 0.05) is 19.0 Å². The number of benzene rings is 2. The molecule has 0 aromatic heterocycles. The Bertz CT molecular complexity index is 1070. The maximum Gasteiger partial charge on any atom is 0.223 e. The van der Waals surface area contributed by atoms with Crippen LogP contribution < -0.4 is 5.32 Å². The standard InChI is InChI=1S/C26H34N2O3S/c1-19-6-5-7-21(16-19)18-32(30,31)28-14-12-23(13-15-28)26(29)27-20(2)24-11-10-22-8-3-4-9-25(22)17-24/h5-7,10-11,16-17,20,23H,3-4,8-9,12-15,18H2,1-2H3,(H,27,29)/t20-/m0/s1. The second-order valence-corrected chi connectivity index (χ2v) is 11.4. The molecule has 5 nitrogen and oxygen atoms in total. The molecule has 0 saturated carbocycles. The number of fused-ring (bicyclic) bond motifs is 1. The predicted molar refractivity (Wildman–Crippen MR) is 128 cm³/mol. The second kappa shape index (κ2) is 9.75. The van der Waals surface area contributed by atoms with Crippen molar-refractivity contribution in [2.45, 2.75) is 64.2 Å². The van der Waals surface area contributed by atoms with Gasteiger partial charge in [-0.25, -0.2) is 12.7 Å². The van der Waals surface area contributed by atoms with Crippen LogP contribution >= 0.6 is 0 Å². The van der Waals surface area contributed by atoms with Gasteiger partial charge < -0.3 is 5.32 Å². The molecule has 1 saturated heterocycles. The van der Waals surface area contributed by atoms with Gasteiger partial charge in [-0.2, -0.15) is 0 Å². The lowest BCUT2D eigenvalue weighted by Crippen LogP contribution is -2.43. The highest BCUT2D eigenvalue weighted by Crippen LogP contribution is 2.26. The van der Waals surface area contributed by atoms with Crippen molar-refractivity contribution in [1.29, 1.82) is 0 Å². The van der Waals surface area contributed by atoms with E-state index >= 15 is 0 Å². The van der Waals surface area contributed by atoms with Crippen LogP contribution in [0.4, 0.5) is 0 Å². The number of nitrogens with one attached hydrogen (secondary N) is 1. The Balaban J connectivity index is 1.31. The van der Waals surface area contributed by atoms with Crippen LogP contribution in [0.15, 0.2) is 42.5 Å². The minimum absolute atomic E-state index is 0.0148. The molecule has 0 unspecified atom stereocenters. The summed E-state index contributed by atoms with van der Waals surface area (Å²) in [7, 11) is -3.38. The number of hydrogen-bond acceptors (Lipinski definition) is 3. The van der Waals surface area contributed by atoms with Gasteiger partial charge in [-0.05, 0) is 74.6 Å². The average molecular weight is 455 g/mol. The number of rotatable bonds is 6. The number of aryl methyl sites for hydroxylation is 3. The summed E-state index contributed by atoms with van der Waals surface area (Å²) in [6, 6.07) is 14.2. The number of hydrogen-bond donors (Lipinski definition) is 1. The molecule has 1 amide bonds. The van der Waals surface area contributed by atoms with E-state index in [0.29, 0.717) is 25.9 Å². The normalized spacial score (nSPS) is 18.7. The molecule has 2 aromatic carbocycles. The number of amides is 1. The molecule has 4 rings (SSSR count). The lowest BCUT2D eigenvalue weighted by atomic mass is 9.89. The molecular weight excluding hydrogens is 420 g/mol. The highest BCUT2D eigenvalue weighted by Gasteiger charge is 2.31. The zero-order valence-corrected chi connectivity index (χ0v) is 20.0. The Kier molecular flexibility index (Phi) is 7.01. The Morgan fingerprint density at radius 1 is 1.06 bits per heavy atom. The van der Waals surface area contributed by atoms with Gasteiger partial charge in [-0.1, -0.05) is 48.0 Å². The third-order valence-corrected chi connectivity index (χ3v) is 8.73. The fraction of sp³-hybridized carbons (Fsp3) is 0.500. The van der Waals surface area contributed by atoms with Crippen LogP contribution in [0.2, 0.25) is 0 Å². The van der Waals surface area contributed by atoms with E-state index in [1.165, 1.54) is 24.0 Å². The van der Waals surface area contributed by atoms with Crippen LogP contribution in [0, 0.1) is 12.8 Å². The van der Waals surface area contributed by atoms with Gasteiger partial charge in [0.1, 0.15) is 0 Å². The molecule has 2 aliphatic rings. The number of nitrogens with zero attached hydrogens (tertiary/aromatic N) is 1. The van der Waals surface area contributed by atoms with Crippen molar-refractivity contribution >= 4 is 15.9 Å². The van der Waals surface area contributed by atoms with Crippen LogP contribution in [0.5, 0.6) is 0 Å². The van der Waals surface area contributed by atoms with Crippen molar-refractivity contribution in [3.63, 3.8) is 0 Å². The molecule has 32 heavy (non-hydrogen) atoms. The summed E-state index contributed by atoms with van der Waals surface area (Å²) < 4.78 is 27.2. The third-order valence-electron chi connectivity index (χ3n) is 6.88. The maximum absolute atomic E-state index is 12.9. The summed E-state index contributed by atoms with van der Waals surface area (Å²) in [4.78, 5) is 12.9. The van der Waals surface area contributed by atoms with E-state index in [0.717, 1.165) is 29.5 Å². The molecule has 0 radical (unpaired) electrons. The van der Waals surface area contributed by atoms with E-state index in [2.05, 4.69) is 23.5 Å². The van der Waals surface area contributed by atoms with Crippen LogP contribution in [0.25, 0.3) is 0 Å². The first-order valence-corrected chi connectivity index (χ1v) is 13.4. The summed E-state index contributed by atoms with van der Waals surface area (Å²) in [5.41, 5.74) is 5.88. The van der Waals surface area contributed by atoms with Gasteiger partial charge in [-0.15, -0.1) is 0 Å². The van der Waals surface area contributed by atoms with Crippen LogP contribution in [0.3, 0.4) is 0 Å². The number of piperidine rings is 1. The molecule has 2 aromatic rings. The molecule has 1 atom stereocenters. The zero-order valence-electron chi connectivity index (χ0n) is 19.1. The highest BCUT2D eigenvalue weighted by molar-refractivity contribution is 7.88. The Hall–Kier alpha value is -2.18. The first-order valence-electron chi connectivity index (χ1n) is 11.8. The summed E-state index contributed by atoms with van der Waals surface area (Å²) >= 11 is 0. The zero-order chi connectivity index (χ0) is 22.7. The number of carbonyl (C=O) groups excluding carboxylic acids is 1. The van der Waals surface area contributed by atoms with E-state index in [9.17, 15) is 13.2 Å². The van der Waals surface area contributed by atoms with E-state index in [1.54, 1.807) is 4.31 Å². The lowest BCUT2D eigenvalue weighted by Gasteiger charge is -2.31. The molecule has 6 heteroatoms. The molecule has 1 heterocycles. The SMILES string of the molecule is Cc1cccc(CS(=O)(=O)N2CCC(C(=O)N[C@@H](C)c3ccc4c(c3)CCCC4)CC2)c1. The van der Waals surface area contributed by atoms with Crippen molar-refractivity contribution in [1.82, 2.24) is 9.62 Å². The minimum atomic E-state index is -3.38. The van der Waals surface area contributed by atoms with Gasteiger partial charge in [0.2, 0.25) is 15.9 Å². The molecular formula is C26H34N2O3S. The van der Waals surface area contributed by atoms with Crippen molar-refractivity contribution in [3.8, 4) is 0 Å². The Morgan fingerprint density at radius 3 is 2.50 bits per heavy atom. The van der Waals surface area contributed by atoms with E-state index < -0.39 is 10.0 Å². The quantitative estimate of drug-likeness (QED) is 0.708. The molecule has 172 valence electrons. The lowest BCUT2D eigenvalue weighted by molar-refractivity contribution is -0.126. The van der Waals surface area contributed by atoms with Crippen molar-refractivity contribution in [3.05, 3.63) is 70.3 Å². The highest BCUT2D eigenvalue weighted by atomic mass is 32.2. The summed E-state index contributed by atoms with van der Waals surface area (Å²) in [6.45, 7) is 4.80. The fourth-order valence-corrected chi connectivity index (χ4v) is 6.49. The van der Waals surface area contributed by atoms with E-state index in [-0.39, 0.29) is 23.6 Å². The van der Waals surface area contributed by atoms with Crippen molar-refractivity contribution in [2.24, 2.45) is 5.92 Å². The maximum atomic E-state index is 12.9. The Morgan fingerprint density at radius 2 is 1.78 bits per heavy atom. The molecule has 0 spiro atoms. The van der Waals surface area contributed by atoms with Gasteiger partial charge in [0.05, 0.1) is 11.8 Å². The number of carbonyl (C=O) groups is 1. The largest absolute Gasteiger partial charge is 0.349 e. The van der Waals surface area contributed by atoms with Gasteiger partial charge in [0.15, 0.2) is 0 Å². The van der Waals surface area contributed by atoms with E-state index in [1.807, 2.05) is 38.1 Å². The molecule has 1 fully saturated rings. The van der Waals surface area contributed by atoms with Crippen LogP contribution in [-0.4, -0.2) is 31.7 Å². The van der Waals surface area contributed by atoms with Gasteiger partial charge in [0.25, 0.3) is 0 Å². The van der Waals surface area contributed by atoms with E-state index in [4.69, 9.17) is 0 Å². The van der Waals surface area contributed by atoms with Crippen molar-refractivity contribution in [2.75, 3.05) is 13.1 Å². The smallest absolute Gasteiger partial charge is 0.223 e. The van der Waals surface area contributed by atoms with Crippen molar-refractivity contribution < 1.29 is 13.2 Å². The van der Waals surface area contributed by atoms with Crippen LogP contribution in [0.1, 0.15) is 66.5 Å². The topological polar surface area (TPSA) is 66.5 Å². The first-order chi connectivity index (χ1) is 15.3. The number of sulfonamides is 1. The summed E-state index contributed by atoms with van der Waals surface area (Å²) in [6.07, 6.45) is 5.91. The molecule has 1 aliphatic carbocycles.